The van der Waals surface area contributed by atoms with E-state index in [2.05, 4.69) is 15.9 Å². The van der Waals surface area contributed by atoms with Crippen LogP contribution in [-0.4, -0.2) is 11.1 Å². The summed E-state index contributed by atoms with van der Waals surface area (Å²) in [5.74, 6) is -1.01. The lowest BCUT2D eigenvalue weighted by Gasteiger charge is -2.09. The Bertz CT molecular complexity index is 641. The molecule has 19 heavy (non-hydrogen) atoms. The predicted octanol–water partition coefficient (Wildman–Crippen LogP) is 4.39. The molecule has 0 spiro atoms. The van der Waals surface area contributed by atoms with Crippen LogP contribution in [-0.2, 0) is 0 Å². The van der Waals surface area contributed by atoms with Gasteiger partial charge in [0.2, 0.25) is 0 Å². The zero-order chi connectivity index (χ0) is 14.0. The van der Waals surface area contributed by atoms with Crippen LogP contribution < -0.4 is 4.74 Å². The van der Waals surface area contributed by atoms with Gasteiger partial charge in [0, 0.05) is 4.47 Å². The summed E-state index contributed by atoms with van der Waals surface area (Å²) in [4.78, 5) is 10.9. The van der Waals surface area contributed by atoms with Gasteiger partial charge in [-0.15, -0.1) is 0 Å². The lowest BCUT2D eigenvalue weighted by atomic mass is 10.1. The van der Waals surface area contributed by atoms with E-state index in [0.29, 0.717) is 15.8 Å². The second kappa shape index (κ2) is 5.40. The summed E-state index contributed by atoms with van der Waals surface area (Å²) in [5, 5.41) is 8.91. The Labute approximate surface area is 117 Å². The van der Waals surface area contributed by atoms with Gasteiger partial charge in [-0.2, -0.15) is 0 Å². The summed E-state index contributed by atoms with van der Waals surface area (Å²) in [6.07, 6.45) is 0. The minimum Gasteiger partial charge on any atom is -0.478 e. The summed E-state index contributed by atoms with van der Waals surface area (Å²) < 4.78 is 19.6. The van der Waals surface area contributed by atoms with E-state index in [9.17, 15) is 9.18 Å². The van der Waals surface area contributed by atoms with Gasteiger partial charge in [-0.3, -0.25) is 0 Å². The number of carboxylic acid groups (broad SMARTS) is 1. The third kappa shape index (κ3) is 3.12. The summed E-state index contributed by atoms with van der Waals surface area (Å²) >= 11 is 3.16. The minimum absolute atomic E-state index is 0.0886. The third-order valence-corrected chi connectivity index (χ3v) is 3.04. The molecule has 2 aromatic carbocycles. The number of aromatic carboxylic acids is 1. The SMILES string of the molecule is Cc1cc(Oc2ccc(Br)cc2F)ccc1C(=O)O. The molecule has 0 amide bonds. The molecular weight excluding hydrogens is 315 g/mol. The summed E-state index contributed by atoms with van der Waals surface area (Å²) in [5.41, 5.74) is 0.756. The average molecular weight is 325 g/mol. The Morgan fingerprint density at radius 1 is 1.26 bits per heavy atom. The Morgan fingerprint density at radius 2 is 2.00 bits per heavy atom. The van der Waals surface area contributed by atoms with Crippen LogP contribution in [0.3, 0.4) is 0 Å². The van der Waals surface area contributed by atoms with E-state index in [1.807, 2.05) is 0 Å². The highest BCUT2D eigenvalue weighted by Gasteiger charge is 2.10. The maximum atomic E-state index is 13.6. The van der Waals surface area contributed by atoms with Gasteiger partial charge in [-0.05, 0) is 48.9 Å². The highest BCUT2D eigenvalue weighted by atomic mass is 79.9. The molecule has 0 aliphatic rings. The summed E-state index contributed by atoms with van der Waals surface area (Å²) in [6.45, 7) is 1.66. The van der Waals surface area contributed by atoms with Crippen LogP contribution in [0.5, 0.6) is 11.5 Å². The van der Waals surface area contributed by atoms with Gasteiger partial charge in [0.1, 0.15) is 5.75 Å². The van der Waals surface area contributed by atoms with Gasteiger partial charge in [0.25, 0.3) is 0 Å². The average Bonchev–Trinajstić information content (AvgIpc) is 2.32. The number of halogens is 2. The van der Waals surface area contributed by atoms with Crippen molar-refractivity contribution in [1.82, 2.24) is 0 Å². The fourth-order valence-electron chi connectivity index (χ4n) is 1.62. The fourth-order valence-corrected chi connectivity index (χ4v) is 1.96. The first-order chi connectivity index (χ1) is 8.97. The molecule has 2 aromatic rings. The van der Waals surface area contributed by atoms with Gasteiger partial charge in [-0.1, -0.05) is 15.9 Å². The van der Waals surface area contributed by atoms with Crippen molar-refractivity contribution in [3.05, 3.63) is 57.8 Å². The summed E-state index contributed by atoms with van der Waals surface area (Å²) in [7, 11) is 0. The smallest absolute Gasteiger partial charge is 0.335 e. The van der Waals surface area contributed by atoms with Crippen molar-refractivity contribution in [2.45, 2.75) is 6.92 Å². The molecule has 0 heterocycles. The normalized spacial score (nSPS) is 10.3. The lowest BCUT2D eigenvalue weighted by molar-refractivity contribution is 0.0696. The van der Waals surface area contributed by atoms with Crippen molar-refractivity contribution in [3.8, 4) is 11.5 Å². The van der Waals surface area contributed by atoms with Crippen LogP contribution in [0.2, 0.25) is 0 Å². The van der Waals surface area contributed by atoms with Crippen molar-refractivity contribution in [2.75, 3.05) is 0 Å². The molecule has 0 aliphatic carbocycles. The third-order valence-electron chi connectivity index (χ3n) is 2.55. The molecule has 2 rings (SSSR count). The van der Waals surface area contributed by atoms with Crippen LogP contribution in [0.4, 0.5) is 4.39 Å². The molecule has 1 N–H and O–H groups in total. The molecule has 0 unspecified atom stereocenters. The van der Waals surface area contributed by atoms with Crippen LogP contribution in [0, 0.1) is 12.7 Å². The van der Waals surface area contributed by atoms with Crippen LogP contribution in [0.25, 0.3) is 0 Å². The van der Waals surface area contributed by atoms with E-state index < -0.39 is 11.8 Å². The van der Waals surface area contributed by atoms with E-state index in [1.54, 1.807) is 19.1 Å². The second-order valence-corrected chi connectivity index (χ2v) is 4.87. The monoisotopic (exact) mass is 324 g/mol. The van der Waals surface area contributed by atoms with E-state index in [-0.39, 0.29) is 11.3 Å². The Kier molecular flexibility index (Phi) is 3.85. The molecule has 0 saturated carbocycles. The Hall–Kier alpha value is -1.88. The zero-order valence-corrected chi connectivity index (χ0v) is 11.6. The van der Waals surface area contributed by atoms with Crippen molar-refractivity contribution < 1.29 is 19.0 Å². The van der Waals surface area contributed by atoms with Crippen molar-refractivity contribution in [2.24, 2.45) is 0 Å². The van der Waals surface area contributed by atoms with E-state index in [0.717, 1.165) is 0 Å². The Morgan fingerprint density at radius 3 is 2.58 bits per heavy atom. The first kappa shape index (κ1) is 13.5. The number of rotatable bonds is 3. The van der Waals surface area contributed by atoms with Gasteiger partial charge in [0.05, 0.1) is 5.56 Å². The van der Waals surface area contributed by atoms with Gasteiger partial charge >= 0.3 is 5.97 Å². The molecule has 0 radical (unpaired) electrons. The quantitative estimate of drug-likeness (QED) is 0.910. The molecular formula is C14H10BrFO3. The van der Waals surface area contributed by atoms with Crippen LogP contribution >= 0.6 is 15.9 Å². The molecule has 5 heteroatoms. The largest absolute Gasteiger partial charge is 0.478 e. The number of hydrogen-bond donors (Lipinski definition) is 1. The van der Waals surface area contributed by atoms with E-state index in [4.69, 9.17) is 9.84 Å². The highest BCUT2D eigenvalue weighted by molar-refractivity contribution is 9.10. The van der Waals surface area contributed by atoms with Gasteiger partial charge in [0.15, 0.2) is 11.6 Å². The van der Waals surface area contributed by atoms with Crippen molar-refractivity contribution in [1.29, 1.82) is 0 Å². The topological polar surface area (TPSA) is 46.5 Å². The molecule has 0 aromatic heterocycles. The maximum absolute atomic E-state index is 13.6. The van der Waals surface area contributed by atoms with Gasteiger partial charge < -0.3 is 9.84 Å². The number of hydrogen-bond acceptors (Lipinski definition) is 2. The molecule has 0 saturated heterocycles. The van der Waals surface area contributed by atoms with Crippen molar-refractivity contribution in [3.63, 3.8) is 0 Å². The predicted molar refractivity (Wildman–Crippen MR) is 72.3 cm³/mol. The lowest BCUT2D eigenvalue weighted by Crippen LogP contribution is -1.99. The fraction of sp³-hybridized carbons (Fsp3) is 0.0714. The molecule has 0 atom stereocenters. The minimum atomic E-state index is -1.00. The number of carbonyl (C=O) groups is 1. The van der Waals surface area contributed by atoms with Gasteiger partial charge in [-0.25, -0.2) is 9.18 Å². The molecule has 0 fully saturated rings. The number of ether oxygens (including phenoxy) is 1. The summed E-state index contributed by atoms with van der Waals surface area (Å²) in [6, 6.07) is 8.96. The van der Waals surface area contributed by atoms with Crippen molar-refractivity contribution >= 4 is 21.9 Å². The van der Waals surface area contributed by atoms with Crippen LogP contribution in [0.15, 0.2) is 40.9 Å². The number of aryl methyl sites for hydroxylation is 1. The number of carboxylic acids is 1. The Balaban J connectivity index is 2.29. The maximum Gasteiger partial charge on any atom is 0.335 e. The zero-order valence-electron chi connectivity index (χ0n) is 9.98. The number of benzene rings is 2. The first-order valence-electron chi connectivity index (χ1n) is 5.44. The van der Waals surface area contributed by atoms with E-state index in [1.165, 1.54) is 24.3 Å². The van der Waals surface area contributed by atoms with E-state index >= 15 is 0 Å². The molecule has 0 aliphatic heterocycles. The standard InChI is InChI=1S/C14H10BrFO3/c1-8-6-10(3-4-11(8)14(17)18)19-13-5-2-9(15)7-12(13)16/h2-7H,1H3,(H,17,18). The highest BCUT2D eigenvalue weighted by Crippen LogP contribution is 2.28. The molecule has 98 valence electrons. The van der Waals surface area contributed by atoms with Crippen LogP contribution in [0.1, 0.15) is 15.9 Å². The molecule has 0 bridgehead atoms. The molecule has 3 nitrogen and oxygen atoms in total. The second-order valence-electron chi connectivity index (χ2n) is 3.96. The first-order valence-corrected chi connectivity index (χ1v) is 6.23.